The SMILES string of the molecule is CCCCN(CCCC)c1cc(C(=O)N(C)CCC)cc(S(N)(=O)=O)c1Oc1ccccc1. The number of hydrogen-bond donors (Lipinski definition) is 1. The smallest absolute Gasteiger partial charge is 0.253 e. The molecule has 182 valence electrons. The molecule has 0 aromatic heterocycles. The first-order valence-electron chi connectivity index (χ1n) is 11.7. The van der Waals surface area contributed by atoms with Gasteiger partial charge in [-0.3, -0.25) is 4.79 Å². The van der Waals surface area contributed by atoms with Crippen molar-refractivity contribution in [3.05, 3.63) is 48.0 Å². The van der Waals surface area contributed by atoms with Crippen molar-refractivity contribution in [1.29, 1.82) is 0 Å². The van der Waals surface area contributed by atoms with Crippen molar-refractivity contribution in [3.8, 4) is 11.5 Å². The fourth-order valence-corrected chi connectivity index (χ4v) is 4.27. The fraction of sp³-hybridized carbons (Fsp3) is 0.480. The van der Waals surface area contributed by atoms with Gasteiger partial charge in [0.2, 0.25) is 10.0 Å². The number of rotatable bonds is 13. The van der Waals surface area contributed by atoms with E-state index in [1.807, 2.05) is 25.1 Å². The average molecular weight is 476 g/mol. The number of carbonyl (C=O) groups is 1. The minimum Gasteiger partial charge on any atom is -0.454 e. The van der Waals surface area contributed by atoms with Crippen LogP contribution >= 0.6 is 0 Å². The van der Waals surface area contributed by atoms with E-state index in [9.17, 15) is 13.2 Å². The number of primary sulfonamides is 1. The van der Waals surface area contributed by atoms with Crippen molar-refractivity contribution in [2.45, 2.75) is 57.8 Å². The lowest BCUT2D eigenvalue weighted by molar-refractivity contribution is 0.0795. The Morgan fingerprint density at radius 3 is 2.06 bits per heavy atom. The van der Waals surface area contributed by atoms with Crippen LogP contribution in [0.25, 0.3) is 0 Å². The zero-order chi connectivity index (χ0) is 24.4. The van der Waals surface area contributed by atoms with Crippen LogP contribution in [0.2, 0.25) is 0 Å². The highest BCUT2D eigenvalue weighted by Gasteiger charge is 2.27. The van der Waals surface area contributed by atoms with Crippen LogP contribution in [0.1, 0.15) is 63.2 Å². The number of hydrogen-bond acceptors (Lipinski definition) is 5. The summed E-state index contributed by atoms with van der Waals surface area (Å²) in [6.07, 6.45) is 4.61. The molecule has 0 aliphatic carbocycles. The van der Waals surface area contributed by atoms with Gasteiger partial charge in [0.1, 0.15) is 10.6 Å². The highest BCUT2D eigenvalue weighted by atomic mass is 32.2. The summed E-state index contributed by atoms with van der Waals surface area (Å²) in [6.45, 7) is 8.20. The number of anilines is 1. The number of unbranched alkanes of at least 4 members (excludes halogenated alkanes) is 2. The third-order valence-corrected chi connectivity index (χ3v) is 6.28. The molecule has 2 aromatic rings. The van der Waals surface area contributed by atoms with E-state index in [1.165, 1.54) is 6.07 Å². The van der Waals surface area contributed by atoms with Gasteiger partial charge in [0.25, 0.3) is 5.91 Å². The molecule has 0 fully saturated rings. The van der Waals surface area contributed by atoms with Crippen LogP contribution in [-0.2, 0) is 10.0 Å². The molecule has 0 bridgehead atoms. The third kappa shape index (κ3) is 7.47. The topological polar surface area (TPSA) is 92.9 Å². The molecule has 0 atom stereocenters. The van der Waals surface area contributed by atoms with Gasteiger partial charge in [-0.25, -0.2) is 13.6 Å². The van der Waals surface area contributed by atoms with Crippen LogP contribution in [0.15, 0.2) is 47.4 Å². The molecule has 0 saturated carbocycles. The van der Waals surface area contributed by atoms with Crippen LogP contribution in [0.3, 0.4) is 0 Å². The van der Waals surface area contributed by atoms with Gasteiger partial charge in [0.15, 0.2) is 5.75 Å². The highest BCUT2D eigenvalue weighted by molar-refractivity contribution is 7.89. The van der Waals surface area contributed by atoms with Crippen molar-refractivity contribution in [2.75, 3.05) is 31.6 Å². The van der Waals surface area contributed by atoms with Gasteiger partial charge in [0, 0.05) is 32.2 Å². The second kappa shape index (κ2) is 12.6. The molecule has 0 heterocycles. The number of carbonyl (C=O) groups excluding carboxylic acids is 1. The standard InChI is InChI=1S/C25H37N3O4S/c1-5-8-16-28(17-9-6-2)22-18-20(25(29)27(4)15-7-3)19-23(33(26,30)31)24(22)32-21-13-11-10-12-14-21/h10-14,18-19H,5-9,15-17H2,1-4H3,(H2,26,30,31). The van der Waals surface area contributed by atoms with E-state index in [0.717, 1.165) is 32.1 Å². The second-order valence-electron chi connectivity index (χ2n) is 8.20. The summed E-state index contributed by atoms with van der Waals surface area (Å²) >= 11 is 0. The van der Waals surface area contributed by atoms with E-state index in [-0.39, 0.29) is 22.1 Å². The molecule has 0 saturated heterocycles. The Hall–Kier alpha value is -2.58. The number of para-hydroxylation sites is 1. The molecule has 2 N–H and O–H groups in total. The van der Waals surface area contributed by atoms with Gasteiger partial charge < -0.3 is 14.5 Å². The van der Waals surface area contributed by atoms with Gasteiger partial charge in [-0.05, 0) is 43.5 Å². The minimum atomic E-state index is -4.17. The summed E-state index contributed by atoms with van der Waals surface area (Å²) in [6, 6.07) is 12.1. The van der Waals surface area contributed by atoms with Crippen LogP contribution < -0.4 is 14.8 Å². The van der Waals surface area contributed by atoms with Crippen molar-refractivity contribution in [2.24, 2.45) is 5.14 Å². The van der Waals surface area contributed by atoms with Gasteiger partial charge in [0.05, 0.1) is 5.69 Å². The van der Waals surface area contributed by atoms with E-state index in [0.29, 0.717) is 31.1 Å². The zero-order valence-corrected chi connectivity index (χ0v) is 21.0. The molecular formula is C25H37N3O4S. The second-order valence-corrected chi connectivity index (χ2v) is 9.73. The first-order chi connectivity index (χ1) is 15.7. The Labute approximate surface area is 198 Å². The Balaban J connectivity index is 2.75. The Bertz CT molecular complexity index is 1000. The van der Waals surface area contributed by atoms with Crippen LogP contribution in [0, 0.1) is 0 Å². The summed E-state index contributed by atoms with van der Waals surface area (Å²) in [5, 5.41) is 5.63. The largest absolute Gasteiger partial charge is 0.454 e. The first kappa shape index (κ1) is 26.7. The van der Waals surface area contributed by atoms with E-state index in [4.69, 9.17) is 9.88 Å². The number of sulfonamides is 1. The maximum absolute atomic E-state index is 13.1. The van der Waals surface area contributed by atoms with E-state index < -0.39 is 10.0 Å². The normalized spacial score (nSPS) is 11.3. The molecule has 33 heavy (non-hydrogen) atoms. The lowest BCUT2D eigenvalue weighted by atomic mass is 10.1. The average Bonchev–Trinajstić information content (AvgIpc) is 2.79. The maximum atomic E-state index is 13.1. The number of ether oxygens (including phenoxy) is 1. The van der Waals surface area contributed by atoms with Crippen LogP contribution in [0.4, 0.5) is 5.69 Å². The molecule has 0 unspecified atom stereocenters. The molecule has 0 radical (unpaired) electrons. The van der Waals surface area contributed by atoms with Crippen LogP contribution in [0.5, 0.6) is 11.5 Å². The van der Waals surface area contributed by atoms with Gasteiger partial charge in [-0.1, -0.05) is 51.8 Å². The van der Waals surface area contributed by atoms with Crippen LogP contribution in [-0.4, -0.2) is 45.9 Å². The lowest BCUT2D eigenvalue weighted by Gasteiger charge is -2.29. The van der Waals surface area contributed by atoms with E-state index >= 15 is 0 Å². The Kier molecular flexibility index (Phi) is 10.2. The maximum Gasteiger partial charge on any atom is 0.253 e. The van der Waals surface area contributed by atoms with Gasteiger partial charge >= 0.3 is 0 Å². The molecule has 1 amide bonds. The fourth-order valence-electron chi connectivity index (χ4n) is 3.57. The predicted molar refractivity (Wildman–Crippen MR) is 134 cm³/mol. The Morgan fingerprint density at radius 2 is 1.55 bits per heavy atom. The van der Waals surface area contributed by atoms with Gasteiger partial charge in [-0.2, -0.15) is 0 Å². The molecule has 2 aromatic carbocycles. The highest BCUT2D eigenvalue weighted by Crippen LogP contribution is 2.40. The Morgan fingerprint density at radius 1 is 0.939 bits per heavy atom. The number of benzene rings is 2. The zero-order valence-electron chi connectivity index (χ0n) is 20.2. The molecule has 2 rings (SSSR count). The molecule has 0 aliphatic heterocycles. The summed E-state index contributed by atoms with van der Waals surface area (Å²) in [4.78, 5) is 16.6. The molecule has 0 aliphatic rings. The summed E-state index contributed by atoms with van der Waals surface area (Å²) in [7, 11) is -2.46. The molecule has 7 nitrogen and oxygen atoms in total. The first-order valence-corrected chi connectivity index (χ1v) is 13.2. The van der Waals surface area contributed by atoms with Crippen molar-refractivity contribution in [3.63, 3.8) is 0 Å². The summed E-state index contributed by atoms with van der Waals surface area (Å²) < 4.78 is 31.5. The van der Waals surface area contributed by atoms with Crippen molar-refractivity contribution < 1.29 is 17.9 Å². The summed E-state index contributed by atoms with van der Waals surface area (Å²) in [5.74, 6) is 0.405. The van der Waals surface area contributed by atoms with E-state index in [1.54, 1.807) is 30.1 Å². The minimum absolute atomic E-state index is 0.158. The third-order valence-electron chi connectivity index (χ3n) is 5.36. The quantitative estimate of drug-likeness (QED) is 0.439. The molecule has 8 heteroatoms. The van der Waals surface area contributed by atoms with E-state index in [2.05, 4.69) is 18.7 Å². The van der Waals surface area contributed by atoms with Crippen molar-refractivity contribution in [1.82, 2.24) is 4.90 Å². The van der Waals surface area contributed by atoms with Crippen molar-refractivity contribution >= 4 is 21.6 Å². The predicted octanol–water partition coefficient (Wildman–Crippen LogP) is 5.01. The monoisotopic (exact) mass is 475 g/mol. The lowest BCUT2D eigenvalue weighted by Crippen LogP contribution is -2.30. The number of nitrogens with two attached hydrogens (primary N) is 1. The summed E-state index contributed by atoms with van der Waals surface area (Å²) in [5.41, 5.74) is 0.851. The number of nitrogens with zero attached hydrogens (tertiary/aromatic N) is 2. The van der Waals surface area contributed by atoms with Gasteiger partial charge in [-0.15, -0.1) is 0 Å². The molecular weight excluding hydrogens is 438 g/mol. The molecule has 0 spiro atoms. The number of amides is 1.